The van der Waals surface area contributed by atoms with Crippen molar-refractivity contribution in [2.45, 2.75) is 39.1 Å². The molecule has 160 valence electrons. The standard InChI is InChI=1S/C19H24N6O4S/c1-12-14(10-23-5-4-21-18(23)22-11-20)30-17-15(12)16(26)24(6-8-28-2)19(27)25(17)9-13-3-7-29-13/h13H,3-10H2,1-2H3,(H,21,22). The maximum absolute atomic E-state index is 13.2. The van der Waals surface area contributed by atoms with Gasteiger partial charge in [0, 0.05) is 31.7 Å². The zero-order valence-corrected chi connectivity index (χ0v) is 17.8. The highest BCUT2D eigenvalue weighted by Gasteiger charge is 2.26. The molecule has 0 bridgehead atoms. The highest BCUT2D eigenvalue weighted by molar-refractivity contribution is 7.18. The number of thiophene rings is 1. The van der Waals surface area contributed by atoms with Gasteiger partial charge in [0.25, 0.3) is 5.56 Å². The minimum atomic E-state index is -0.331. The highest BCUT2D eigenvalue weighted by Crippen LogP contribution is 2.30. The van der Waals surface area contributed by atoms with Crippen LogP contribution in [0.25, 0.3) is 10.2 Å². The second-order valence-electron chi connectivity index (χ2n) is 7.34. The van der Waals surface area contributed by atoms with Crippen LogP contribution in [-0.2, 0) is 29.1 Å². The number of methoxy groups -OCH3 is 1. The van der Waals surface area contributed by atoms with Crippen molar-refractivity contribution in [3.8, 4) is 6.19 Å². The first-order valence-electron chi connectivity index (χ1n) is 9.87. The Labute approximate surface area is 176 Å². The number of nitriles is 1. The zero-order chi connectivity index (χ0) is 21.3. The van der Waals surface area contributed by atoms with E-state index in [1.807, 2.05) is 18.0 Å². The van der Waals surface area contributed by atoms with Gasteiger partial charge in [-0.25, -0.2) is 4.79 Å². The lowest BCUT2D eigenvalue weighted by atomic mass is 10.2. The first kappa shape index (κ1) is 20.6. The molecule has 2 aliphatic rings. The third-order valence-corrected chi connectivity index (χ3v) is 6.85. The lowest BCUT2D eigenvalue weighted by Gasteiger charge is -2.27. The van der Waals surface area contributed by atoms with Crippen LogP contribution in [0.4, 0.5) is 0 Å². The van der Waals surface area contributed by atoms with Crippen molar-refractivity contribution >= 4 is 27.5 Å². The van der Waals surface area contributed by atoms with Crippen molar-refractivity contribution < 1.29 is 9.47 Å². The second-order valence-corrected chi connectivity index (χ2v) is 8.42. The van der Waals surface area contributed by atoms with E-state index in [0.717, 1.165) is 23.4 Å². The summed E-state index contributed by atoms with van der Waals surface area (Å²) in [4.78, 5) is 33.8. The van der Waals surface area contributed by atoms with E-state index in [0.29, 0.717) is 42.4 Å². The predicted octanol–water partition coefficient (Wildman–Crippen LogP) is 0.211. The van der Waals surface area contributed by atoms with E-state index in [9.17, 15) is 9.59 Å². The van der Waals surface area contributed by atoms with Crippen LogP contribution < -0.4 is 16.6 Å². The van der Waals surface area contributed by atoms with E-state index in [2.05, 4.69) is 10.3 Å². The molecule has 30 heavy (non-hydrogen) atoms. The Balaban J connectivity index is 1.81. The molecule has 0 radical (unpaired) electrons. The van der Waals surface area contributed by atoms with Gasteiger partial charge in [-0.1, -0.05) is 0 Å². The van der Waals surface area contributed by atoms with Gasteiger partial charge in [0.15, 0.2) is 0 Å². The molecule has 2 fully saturated rings. The fourth-order valence-corrected chi connectivity index (χ4v) is 5.08. The van der Waals surface area contributed by atoms with Crippen LogP contribution in [0.3, 0.4) is 0 Å². The number of guanidine groups is 1. The average molecular weight is 433 g/mol. The molecular weight excluding hydrogens is 408 g/mol. The molecule has 10 nitrogen and oxygen atoms in total. The first-order chi connectivity index (χ1) is 14.5. The number of rotatable bonds is 7. The molecule has 2 aromatic heterocycles. The molecule has 1 unspecified atom stereocenters. The molecule has 2 aromatic rings. The molecule has 0 aliphatic carbocycles. The van der Waals surface area contributed by atoms with Gasteiger partial charge in [-0.05, 0) is 18.9 Å². The summed E-state index contributed by atoms with van der Waals surface area (Å²) in [5, 5.41) is 12.6. The summed E-state index contributed by atoms with van der Waals surface area (Å²) < 4.78 is 13.6. The number of ether oxygens (including phenoxy) is 2. The summed E-state index contributed by atoms with van der Waals surface area (Å²) >= 11 is 1.45. The zero-order valence-electron chi connectivity index (χ0n) is 17.0. The number of aliphatic imine (C=N–C) groups is 1. The largest absolute Gasteiger partial charge is 0.383 e. The van der Waals surface area contributed by atoms with E-state index >= 15 is 0 Å². The SMILES string of the molecule is COCCn1c(=O)c2c(C)c(CN3CCN/C3=N\C#N)sc2n(CC2CCO2)c1=O. The van der Waals surface area contributed by atoms with Crippen LogP contribution in [-0.4, -0.2) is 59.5 Å². The molecule has 1 atom stereocenters. The lowest BCUT2D eigenvalue weighted by molar-refractivity contribution is -0.0593. The highest BCUT2D eigenvalue weighted by atomic mass is 32.1. The lowest BCUT2D eigenvalue weighted by Crippen LogP contribution is -2.43. The normalized spacial score (nSPS) is 19.8. The third kappa shape index (κ3) is 3.62. The van der Waals surface area contributed by atoms with Crippen molar-refractivity contribution in [3.63, 3.8) is 0 Å². The number of nitrogens with one attached hydrogen (secondary N) is 1. The number of nitrogens with zero attached hydrogens (tertiary/aromatic N) is 5. The van der Waals surface area contributed by atoms with Crippen LogP contribution in [0.1, 0.15) is 16.9 Å². The Hall–Kier alpha value is -2.68. The molecule has 0 aromatic carbocycles. The number of aromatic nitrogens is 2. The van der Waals surface area contributed by atoms with E-state index < -0.39 is 0 Å². The first-order valence-corrected chi connectivity index (χ1v) is 10.7. The fraction of sp³-hybridized carbons (Fsp3) is 0.579. The molecule has 2 aliphatic heterocycles. The monoisotopic (exact) mass is 432 g/mol. The Kier molecular flexibility index (Phi) is 5.90. The van der Waals surface area contributed by atoms with Crippen LogP contribution in [0.15, 0.2) is 14.6 Å². The summed E-state index contributed by atoms with van der Waals surface area (Å²) in [5.74, 6) is 0.534. The summed E-state index contributed by atoms with van der Waals surface area (Å²) in [6, 6.07) is 0. The van der Waals surface area contributed by atoms with Crippen molar-refractivity contribution in [1.82, 2.24) is 19.4 Å². The summed E-state index contributed by atoms with van der Waals surface area (Å²) in [7, 11) is 1.54. The van der Waals surface area contributed by atoms with Crippen molar-refractivity contribution in [3.05, 3.63) is 31.3 Å². The van der Waals surface area contributed by atoms with Crippen molar-refractivity contribution in [1.29, 1.82) is 5.26 Å². The summed E-state index contributed by atoms with van der Waals surface area (Å²) in [5.41, 5.74) is 0.239. The Morgan fingerprint density at radius 3 is 2.87 bits per heavy atom. The van der Waals surface area contributed by atoms with Crippen LogP contribution >= 0.6 is 11.3 Å². The third-order valence-electron chi connectivity index (χ3n) is 5.55. The maximum Gasteiger partial charge on any atom is 0.332 e. The van der Waals surface area contributed by atoms with E-state index in [-0.39, 0.29) is 30.5 Å². The van der Waals surface area contributed by atoms with E-state index in [1.165, 1.54) is 15.9 Å². The maximum atomic E-state index is 13.2. The number of fused-ring (bicyclic) bond motifs is 1. The summed E-state index contributed by atoms with van der Waals surface area (Å²) in [6.45, 7) is 5.46. The van der Waals surface area contributed by atoms with Crippen molar-refractivity contribution in [2.75, 3.05) is 33.4 Å². The molecule has 0 amide bonds. The van der Waals surface area contributed by atoms with Gasteiger partial charge in [-0.2, -0.15) is 5.26 Å². The fourth-order valence-electron chi connectivity index (χ4n) is 3.77. The quantitative estimate of drug-likeness (QED) is 0.622. The molecule has 0 spiro atoms. The Morgan fingerprint density at radius 2 is 2.20 bits per heavy atom. The molecule has 4 heterocycles. The molecule has 11 heteroatoms. The Morgan fingerprint density at radius 1 is 1.40 bits per heavy atom. The van der Waals surface area contributed by atoms with E-state index in [1.54, 1.807) is 11.7 Å². The summed E-state index contributed by atoms with van der Waals surface area (Å²) in [6.07, 6.45) is 2.70. The minimum Gasteiger partial charge on any atom is -0.383 e. The van der Waals surface area contributed by atoms with Gasteiger partial charge in [0.05, 0.1) is 37.7 Å². The van der Waals surface area contributed by atoms with Crippen molar-refractivity contribution in [2.24, 2.45) is 4.99 Å². The van der Waals surface area contributed by atoms with Gasteiger partial charge in [-0.3, -0.25) is 13.9 Å². The second kappa shape index (κ2) is 8.59. The topological polar surface area (TPSA) is 114 Å². The Bertz CT molecular complexity index is 1140. The van der Waals surface area contributed by atoms with Gasteiger partial charge >= 0.3 is 5.69 Å². The molecule has 2 saturated heterocycles. The molecule has 4 rings (SSSR count). The molecule has 0 saturated carbocycles. The van der Waals surface area contributed by atoms with Gasteiger partial charge in [-0.15, -0.1) is 16.3 Å². The van der Waals surface area contributed by atoms with E-state index in [4.69, 9.17) is 14.7 Å². The van der Waals surface area contributed by atoms with Gasteiger partial charge < -0.3 is 19.7 Å². The van der Waals surface area contributed by atoms with Crippen LogP contribution in [0, 0.1) is 18.4 Å². The smallest absolute Gasteiger partial charge is 0.332 e. The van der Waals surface area contributed by atoms with Crippen LogP contribution in [0.5, 0.6) is 0 Å². The average Bonchev–Trinajstić information content (AvgIpc) is 3.25. The predicted molar refractivity (Wildman–Crippen MR) is 113 cm³/mol. The number of hydrogen-bond acceptors (Lipinski definition) is 7. The molecular formula is C19H24N6O4S. The van der Waals surface area contributed by atoms with Gasteiger partial charge in [0.1, 0.15) is 4.83 Å². The van der Waals surface area contributed by atoms with Crippen LogP contribution in [0.2, 0.25) is 0 Å². The number of aryl methyl sites for hydroxylation is 1. The molecule has 1 N–H and O–H groups in total. The van der Waals surface area contributed by atoms with Gasteiger partial charge in [0.2, 0.25) is 12.2 Å². The minimum absolute atomic E-state index is 0.0118. The number of hydrogen-bond donors (Lipinski definition) is 1.